The van der Waals surface area contributed by atoms with Crippen LogP contribution in [0, 0.1) is 11.7 Å². The number of hydrogen-bond donors (Lipinski definition) is 0. The number of benzene rings is 2. The predicted molar refractivity (Wildman–Crippen MR) is 141 cm³/mol. The van der Waals surface area contributed by atoms with Gasteiger partial charge in [0.25, 0.3) is 0 Å². The zero-order valence-corrected chi connectivity index (χ0v) is 21.6. The number of nitrogens with zero attached hydrogens (tertiary/aromatic N) is 3. The molecule has 6 heteroatoms. The van der Waals surface area contributed by atoms with Gasteiger partial charge in [0.15, 0.2) is 0 Å². The average molecular weight is 494 g/mol. The number of halogens is 1. The molecule has 3 fully saturated rings. The van der Waals surface area contributed by atoms with Gasteiger partial charge in [-0.1, -0.05) is 49.4 Å². The molecule has 1 unspecified atom stereocenters. The Kier molecular flexibility index (Phi) is 8.35. The van der Waals surface area contributed by atoms with E-state index >= 15 is 4.39 Å². The van der Waals surface area contributed by atoms with Crippen LogP contribution in [-0.4, -0.2) is 85.7 Å². The summed E-state index contributed by atoms with van der Waals surface area (Å²) in [4.78, 5) is 20.8. The van der Waals surface area contributed by atoms with E-state index < -0.39 is 0 Å². The average Bonchev–Trinajstić information content (AvgIpc) is 3.38. The Bertz CT molecular complexity index is 1000. The lowest BCUT2D eigenvalue weighted by molar-refractivity contribution is -0.137. The number of carbonyl (C=O) groups is 1. The van der Waals surface area contributed by atoms with Crippen molar-refractivity contribution in [3.63, 3.8) is 0 Å². The van der Waals surface area contributed by atoms with Crippen molar-refractivity contribution in [3.8, 4) is 0 Å². The molecular formula is C30H40FN3O2. The van der Waals surface area contributed by atoms with Crippen LogP contribution in [0.25, 0.3) is 0 Å². The molecule has 194 valence electrons. The fourth-order valence-corrected chi connectivity index (χ4v) is 6.20. The molecule has 0 aromatic heterocycles. The van der Waals surface area contributed by atoms with Gasteiger partial charge in [-0.25, -0.2) is 4.39 Å². The maximum atomic E-state index is 15.2. The second-order valence-electron chi connectivity index (χ2n) is 10.6. The van der Waals surface area contributed by atoms with Crippen LogP contribution in [0.2, 0.25) is 0 Å². The SMILES string of the molecule is CCc1ccc([C@@H]2CN(C3CCOCC3)CC2C(=O)N2CCN(CCc3ccccc3)CC2)c(F)c1. The normalized spacial score (nSPS) is 24.3. The van der Waals surface area contributed by atoms with Crippen LogP contribution in [0.3, 0.4) is 0 Å². The molecule has 3 heterocycles. The van der Waals surface area contributed by atoms with Crippen LogP contribution in [0.15, 0.2) is 48.5 Å². The number of hydrogen-bond acceptors (Lipinski definition) is 4. The smallest absolute Gasteiger partial charge is 0.227 e. The highest BCUT2D eigenvalue weighted by Gasteiger charge is 2.43. The third-order valence-corrected chi connectivity index (χ3v) is 8.49. The Labute approximate surface area is 215 Å². The van der Waals surface area contributed by atoms with Crippen molar-refractivity contribution in [2.24, 2.45) is 5.92 Å². The summed E-state index contributed by atoms with van der Waals surface area (Å²) in [7, 11) is 0. The Morgan fingerprint density at radius 1 is 0.972 bits per heavy atom. The van der Waals surface area contributed by atoms with Gasteiger partial charge in [0.2, 0.25) is 5.91 Å². The summed E-state index contributed by atoms with van der Waals surface area (Å²) in [5, 5.41) is 0. The van der Waals surface area contributed by atoms with E-state index in [0.29, 0.717) is 11.6 Å². The van der Waals surface area contributed by atoms with E-state index in [1.807, 2.05) is 24.0 Å². The molecule has 0 saturated carbocycles. The lowest BCUT2D eigenvalue weighted by Gasteiger charge is -2.37. The highest BCUT2D eigenvalue weighted by molar-refractivity contribution is 5.81. The van der Waals surface area contributed by atoms with Gasteiger partial charge in [-0.15, -0.1) is 0 Å². The van der Waals surface area contributed by atoms with Crippen LogP contribution in [-0.2, 0) is 22.4 Å². The van der Waals surface area contributed by atoms with E-state index in [4.69, 9.17) is 4.74 Å². The maximum absolute atomic E-state index is 15.2. The van der Waals surface area contributed by atoms with Crippen LogP contribution in [0.1, 0.15) is 42.4 Å². The summed E-state index contributed by atoms with van der Waals surface area (Å²) >= 11 is 0. The number of amides is 1. The lowest BCUT2D eigenvalue weighted by Crippen LogP contribution is -2.51. The monoisotopic (exact) mass is 493 g/mol. The van der Waals surface area contributed by atoms with Gasteiger partial charge in [0.05, 0.1) is 5.92 Å². The van der Waals surface area contributed by atoms with Gasteiger partial charge in [-0.3, -0.25) is 14.6 Å². The summed E-state index contributed by atoms with van der Waals surface area (Å²) in [6.45, 7) is 9.39. The zero-order valence-electron chi connectivity index (χ0n) is 21.6. The Morgan fingerprint density at radius 3 is 2.42 bits per heavy atom. The Balaban J connectivity index is 1.25. The first-order valence-electron chi connectivity index (χ1n) is 13.8. The molecule has 0 bridgehead atoms. The molecule has 3 aliphatic rings. The number of rotatable bonds is 7. The molecule has 0 N–H and O–H groups in total. The zero-order chi connectivity index (χ0) is 24.9. The van der Waals surface area contributed by atoms with E-state index in [1.165, 1.54) is 5.56 Å². The highest BCUT2D eigenvalue weighted by Crippen LogP contribution is 2.38. The fraction of sp³-hybridized carbons (Fsp3) is 0.567. The Morgan fingerprint density at radius 2 is 1.72 bits per heavy atom. The summed E-state index contributed by atoms with van der Waals surface area (Å²) in [6, 6.07) is 16.6. The minimum absolute atomic E-state index is 0.0950. The third kappa shape index (κ3) is 5.82. The number of aryl methyl sites for hydroxylation is 1. The predicted octanol–water partition coefficient (Wildman–Crippen LogP) is 3.97. The van der Waals surface area contributed by atoms with Crippen LogP contribution < -0.4 is 0 Å². The first-order valence-corrected chi connectivity index (χ1v) is 13.8. The third-order valence-electron chi connectivity index (χ3n) is 8.49. The molecular weight excluding hydrogens is 453 g/mol. The van der Waals surface area contributed by atoms with Crippen molar-refractivity contribution in [2.75, 3.05) is 59.0 Å². The molecule has 5 nitrogen and oxygen atoms in total. The van der Waals surface area contributed by atoms with E-state index in [2.05, 4.69) is 40.1 Å². The highest BCUT2D eigenvalue weighted by atomic mass is 19.1. The van der Waals surface area contributed by atoms with Crippen molar-refractivity contribution >= 4 is 5.91 Å². The van der Waals surface area contributed by atoms with Gasteiger partial charge in [0, 0.05) is 71.0 Å². The largest absolute Gasteiger partial charge is 0.381 e. The van der Waals surface area contributed by atoms with Crippen molar-refractivity contribution in [1.82, 2.24) is 14.7 Å². The lowest BCUT2D eigenvalue weighted by atomic mass is 9.86. The van der Waals surface area contributed by atoms with Gasteiger partial charge in [-0.2, -0.15) is 0 Å². The minimum Gasteiger partial charge on any atom is -0.381 e. The number of ether oxygens (including phenoxy) is 1. The number of piperazine rings is 1. The molecule has 0 radical (unpaired) electrons. The maximum Gasteiger partial charge on any atom is 0.227 e. The number of likely N-dealkylation sites (tertiary alicyclic amines) is 1. The first-order chi connectivity index (χ1) is 17.6. The van der Waals surface area contributed by atoms with E-state index in [9.17, 15) is 4.79 Å². The van der Waals surface area contributed by atoms with Crippen molar-refractivity contribution in [3.05, 3.63) is 71.0 Å². The van der Waals surface area contributed by atoms with Crippen molar-refractivity contribution in [1.29, 1.82) is 0 Å². The molecule has 5 rings (SSSR count). The van der Waals surface area contributed by atoms with Gasteiger partial charge >= 0.3 is 0 Å². The molecule has 36 heavy (non-hydrogen) atoms. The van der Waals surface area contributed by atoms with Crippen LogP contribution in [0.4, 0.5) is 4.39 Å². The van der Waals surface area contributed by atoms with E-state index in [1.54, 1.807) is 6.07 Å². The second kappa shape index (κ2) is 11.8. The van der Waals surface area contributed by atoms with Crippen LogP contribution >= 0.6 is 0 Å². The fourth-order valence-electron chi connectivity index (χ4n) is 6.20. The first kappa shape index (κ1) is 25.4. The summed E-state index contributed by atoms with van der Waals surface area (Å²) in [5.41, 5.74) is 3.07. The van der Waals surface area contributed by atoms with Gasteiger partial charge in [-0.05, 0) is 48.4 Å². The van der Waals surface area contributed by atoms with E-state index in [0.717, 1.165) is 90.3 Å². The van der Waals surface area contributed by atoms with Crippen molar-refractivity contribution in [2.45, 2.75) is 44.6 Å². The van der Waals surface area contributed by atoms with Gasteiger partial charge < -0.3 is 9.64 Å². The quantitative estimate of drug-likeness (QED) is 0.585. The molecule has 2 aromatic rings. The molecule has 1 amide bonds. The number of carbonyl (C=O) groups excluding carboxylic acids is 1. The summed E-state index contributed by atoms with van der Waals surface area (Å²) in [5.74, 6) is -0.235. The standard InChI is InChI=1S/C30H40FN3O2/c1-2-23-8-9-26(29(31)20-23)27-21-34(25-11-18-36-19-12-25)22-28(27)30(35)33-16-14-32(15-17-33)13-10-24-6-4-3-5-7-24/h3-9,20,25,27-28H,2,10-19,21-22H2,1H3/t27-,28?/m0/s1. The Hall–Kier alpha value is -2.28. The minimum atomic E-state index is -0.189. The molecule has 2 atom stereocenters. The van der Waals surface area contributed by atoms with Crippen LogP contribution in [0.5, 0.6) is 0 Å². The summed E-state index contributed by atoms with van der Waals surface area (Å²) in [6.07, 6.45) is 3.83. The molecule has 3 aliphatic heterocycles. The second-order valence-corrected chi connectivity index (χ2v) is 10.6. The van der Waals surface area contributed by atoms with Gasteiger partial charge in [0.1, 0.15) is 5.82 Å². The molecule has 0 aliphatic carbocycles. The molecule has 3 saturated heterocycles. The summed E-state index contributed by atoms with van der Waals surface area (Å²) < 4.78 is 20.8. The molecule has 0 spiro atoms. The topological polar surface area (TPSA) is 36.0 Å². The van der Waals surface area contributed by atoms with E-state index in [-0.39, 0.29) is 23.6 Å². The molecule has 2 aromatic carbocycles. The van der Waals surface area contributed by atoms with Crippen molar-refractivity contribution < 1.29 is 13.9 Å².